The number of phenols is 1. The molecule has 7 nitrogen and oxygen atoms in total. The highest BCUT2D eigenvalue weighted by atomic mass is 35.5. The lowest BCUT2D eigenvalue weighted by Gasteiger charge is -2.22. The highest BCUT2D eigenvalue weighted by Gasteiger charge is 2.23. The van der Waals surface area contributed by atoms with Gasteiger partial charge in [0.1, 0.15) is 5.75 Å². The van der Waals surface area contributed by atoms with Crippen LogP contribution in [0.2, 0.25) is 5.02 Å². The first-order valence-corrected chi connectivity index (χ1v) is 15.8. The number of amides is 2. The van der Waals surface area contributed by atoms with Gasteiger partial charge in [-0.25, -0.2) is 0 Å². The average Bonchev–Trinajstić information content (AvgIpc) is 3.01. The van der Waals surface area contributed by atoms with Crippen LogP contribution in [0.5, 0.6) is 5.75 Å². The van der Waals surface area contributed by atoms with Crippen molar-refractivity contribution in [3.8, 4) is 16.9 Å². The highest BCUT2D eigenvalue weighted by Crippen LogP contribution is 2.32. The van der Waals surface area contributed by atoms with Gasteiger partial charge in [0, 0.05) is 22.9 Å². The maximum atomic E-state index is 13.8. The molecule has 0 radical (unpaired) electrons. The number of carbonyl (C=O) groups is 3. The largest absolute Gasteiger partial charge is 0.508 e. The van der Waals surface area contributed by atoms with E-state index < -0.39 is 17.9 Å². The Morgan fingerprint density at radius 3 is 2.00 bits per heavy atom. The number of hydrogen-bond donors (Lipinski definition) is 4. The number of halogens is 1. The maximum Gasteiger partial charge on any atom is 0.305 e. The zero-order valence-corrected chi connectivity index (χ0v) is 28.0. The SMILES string of the molecule is CC.CC(CC(=O)O)NC(=O)c1ccc(CC(C(=O)Nc2ccc(-c3ccc(O)cc3Cl)cc2)c2ccc(C(C)(C)C)cc2)cc1. The summed E-state index contributed by atoms with van der Waals surface area (Å²) in [7, 11) is 0. The lowest BCUT2D eigenvalue weighted by Crippen LogP contribution is -2.34. The fourth-order valence-electron chi connectivity index (χ4n) is 4.93. The molecule has 0 aromatic heterocycles. The van der Waals surface area contributed by atoms with E-state index in [4.69, 9.17) is 16.7 Å². The van der Waals surface area contributed by atoms with E-state index in [1.165, 1.54) is 6.07 Å². The first-order chi connectivity index (χ1) is 21.8. The van der Waals surface area contributed by atoms with E-state index in [0.717, 1.165) is 27.8 Å². The summed E-state index contributed by atoms with van der Waals surface area (Å²) in [5.41, 5.74) is 5.54. The van der Waals surface area contributed by atoms with Crippen LogP contribution in [0.25, 0.3) is 11.1 Å². The van der Waals surface area contributed by atoms with Crippen LogP contribution in [-0.2, 0) is 21.4 Å². The average molecular weight is 643 g/mol. The second-order valence-corrected chi connectivity index (χ2v) is 12.4. The fraction of sp³-hybridized carbons (Fsp3) is 0.289. The van der Waals surface area contributed by atoms with E-state index >= 15 is 0 Å². The highest BCUT2D eigenvalue weighted by molar-refractivity contribution is 6.33. The molecule has 2 amide bonds. The van der Waals surface area contributed by atoms with Crippen molar-refractivity contribution in [3.63, 3.8) is 0 Å². The van der Waals surface area contributed by atoms with Crippen LogP contribution in [0.4, 0.5) is 5.69 Å². The van der Waals surface area contributed by atoms with Crippen LogP contribution in [0.3, 0.4) is 0 Å². The first kappa shape index (κ1) is 35.9. The molecule has 4 rings (SSSR count). The molecule has 242 valence electrons. The summed E-state index contributed by atoms with van der Waals surface area (Å²) in [6, 6.07) is 26.7. The van der Waals surface area contributed by atoms with E-state index in [2.05, 4.69) is 43.5 Å². The second-order valence-electron chi connectivity index (χ2n) is 12.0. The normalized spacial score (nSPS) is 12.2. The zero-order valence-electron chi connectivity index (χ0n) is 27.2. The van der Waals surface area contributed by atoms with Gasteiger partial charge in [0.2, 0.25) is 5.91 Å². The number of benzene rings is 4. The molecule has 46 heavy (non-hydrogen) atoms. The van der Waals surface area contributed by atoms with Gasteiger partial charge in [-0.1, -0.05) is 94.8 Å². The molecular weight excluding hydrogens is 600 g/mol. The van der Waals surface area contributed by atoms with Crippen molar-refractivity contribution >= 4 is 35.1 Å². The molecule has 0 heterocycles. The Hall–Kier alpha value is -4.62. The van der Waals surface area contributed by atoms with Gasteiger partial charge in [-0.3, -0.25) is 14.4 Å². The van der Waals surface area contributed by atoms with Crippen molar-refractivity contribution in [1.82, 2.24) is 5.32 Å². The summed E-state index contributed by atoms with van der Waals surface area (Å²) in [6.45, 7) is 12.1. The Labute approximate surface area is 276 Å². The predicted octanol–water partition coefficient (Wildman–Crippen LogP) is 8.59. The van der Waals surface area contributed by atoms with E-state index in [9.17, 15) is 19.5 Å². The molecule has 0 saturated heterocycles. The Kier molecular flexibility index (Phi) is 12.5. The Morgan fingerprint density at radius 1 is 0.848 bits per heavy atom. The number of anilines is 1. The number of carbonyl (C=O) groups excluding carboxylic acids is 2. The Balaban J connectivity index is 0.00000282. The lowest BCUT2D eigenvalue weighted by molar-refractivity contribution is -0.137. The Morgan fingerprint density at radius 2 is 1.46 bits per heavy atom. The minimum absolute atomic E-state index is 0.0310. The summed E-state index contributed by atoms with van der Waals surface area (Å²) >= 11 is 6.31. The van der Waals surface area contributed by atoms with Crippen molar-refractivity contribution in [2.24, 2.45) is 0 Å². The van der Waals surface area contributed by atoms with Crippen LogP contribution < -0.4 is 10.6 Å². The Bertz CT molecular complexity index is 1630. The number of aromatic hydroxyl groups is 1. The van der Waals surface area contributed by atoms with Crippen molar-refractivity contribution in [1.29, 1.82) is 0 Å². The molecule has 0 aliphatic rings. The van der Waals surface area contributed by atoms with Crippen LogP contribution >= 0.6 is 11.6 Å². The third-order valence-corrected chi connectivity index (χ3v) is 7.74. The molecule has 0 aliphatic heterocycles. The summed E-state index contributed by atoms with van der Waals surface area (Å²) in [5, 5.41) is 24.8. The molecule has 2 atom stereocenters. The van der Waals surface area contributed by atoms with Crippen LogP contribution in [-0.4, -0.2) is 34.0 Å². The number of carboxylic acid groups (broad SMARTS) is 1. The molecule has 4 aromatic carbocycles. The number of rotatable bonds is 10. The molecule has 0 saturated carbocycles. The minimum atomic E-state index is -0.981. The number of nitrogens with one attached hydrogen (secondary N) is 2. The van der Waals surface area contributed by atoms with E-state index in [1.807, 2.05) is 62.4 Å². The van der Waals surface area contributed by atoms with Gasteiger partial charge in [0.15, 0.2) is 0 Å². The quantitative estimate of drug-likeness (QED) is 0.138. The van der Waals surface area contributed by atoms with Crippen LogP contribution in [0, 0.1) is 0 Å². The van der Waals surface area contributed by atoms with E-state index in [1.54, 1.807) is 31.2 Å². The van der Waals surface area contributed by atoms with E-state index in [0.29, 0.717) is 22.7 Å². The molecule has 0 spiro atoms. The molecule has 4 N–H and O–H groups in total. The third-order valence-electron chi connectivity index (χ3n) is 7.43. The van der Waals surface area contributed by atoms with Crippen LogP contribution in [0.15, 0.2) is 91.0 Å². The fourth-order valence-corrected chi connectivity index (χ4v) is 5.21. The van der Waals surface area contributed by atoms with Gasteiger partial charge in [-0.2, -0.15) is 0 Å². The van der Waals surface area contributed by atoms with E-state index in [-0.39, 0.29) is 29.4 Å². The van der Waals surface area contributed by atoms with Gasteiger partial charge < -0.3 is 20.8 Å². The predicted molar refractivity (Wildman–Crippen MR) is 186 cm³/mol. The number of aliphatic carboxylic acids is 1. The van der Waals surface area contributed by atoms with Crippen molar-refractivity contribution < 1.29 is 24.6 Å². The van der Waals surface area contributed by atoms with Gasteiger partial charge in [0.25, 0.3) is 5.91 Å². The second kappa shape index (κ2) is 16.1. The molecule has 4 aromatic rings. The van der Waals surface area contributed by atoms with Gasteiger partial charge in [0.05, 0.1) is 17.4 Å². The van der Waals surface area contributed by atoms with Crippen molar-refractivity contribution in [2.45, 2.75) is 71.8 Å². The monoisotopic (exact) mass is 642 g/mol. The standard InChI is InChI=1S/C36H37ClN2O5.C2H6/c1-22(19-33(41)42)38-34(43)26-7-5-23(6-8-26)20-31(25-9-13-27(14-10-25)36(2,3)4)35(44)39-28-15-11-24(12-16-28)30-18-17-29(40)21-32(30)37;1-2/h5-18,21-22,31,40H,19-20H2,1-4H3,(H,38,43)(H,39,44)(H,41,42);1-2H3. The number of hydrogen-bond acceptors (Lipinski definition) is 4. The molecular formula is C38H43ClN2O5. The van der Waals surface area contributed by atoms with Gasteiger partial charge in [-0.05, 0) is 83.5 Å². The van der Waals surface area contributed by atoms with Gasteiger partial charge in [-0.15, -0.1) is 0 Å². The third kappa shape index (κ3) is 9.94. The first-order valence-electron chi connectivity index (χ1n) is 15.4. The molecule has 0 bridgehead atoms. The van der Waals surface area contributed by atoms with Gasteiger partial charge >= 0.3 is 5.97 Å². The lowest BCUT2D eigenvalue weighted by atomic mass is 9.84. The molecule has 2 unspecified atom stereocenters. The summed E-state index contributed by atoms with van der Waals surface area (Å²) < 4.78 is 0. The van der Waals surface area contributed by atoms with Crippen molar-refractivity contribution in [3.05, 3.63) is 118 Å². The molecule has 0 aliphatic carbocycles. The maximum absolute atomic E-state index is 13.8. The van der Waals surface area contributed by atoms with Crippen LogP contribution in [0.1, 0.15) is 80.9 Å². The summed E-state index contributed by atoms with van der Waals surface area (Å²) in [6.07, 6.45) is 0.237. The molecule has 0 fully saturated rings. The molecule has 8 heteroatoms. The smallest absolute Gasteiger partial charge is 0.305 e. The van der Waals surface area contributed by atoms with Crippen molar-refractivity contribution in [2.75, 3.05) is 5.32 Å². The minimum Gasteiger partial charge on any atom is -0.508 e. The summed E-state index contributed by atoms with van der Waals surface area (Å²) in [5.74, 6) is -1.92. The number of phenolic OH excluding ortho intramolecular Hbond substituents is 1. The number of carboxylic acids is 1. The topological polar surface area (TPSA) is 116 Å². The summed E-state index contributed by atoms with van der Waals surface area (Å²) in [4.78, 5) is 37.3. The zero-order chi connectivity index (χ0) is 34.0.